The van der Waals surface area contributed by atoms with Gasteiger partial charge in [-0.3, -0.25) is 9.59 Å². The number of benzene rings is 1. The minimum Gasteiger partial charge on any atom is -0.377 e. The van der Waals surface area contributed by atoms with Gasteiger partial charge in [0.15, 0.2) is 0 Å². The summed E-state index contributed by atoms with van der Waals surface area (Å²) in [7, 11) is 0. The van der Waals surface area contributed by atoms with Crippen molar-refractivity contribution in [3.63, 3.8) is 0 Å². The highest BCUT2D eigenvalue weighted by molar-refractivity contribution is 6.52. The predicted octanol–water partition coefficient (Wildman–Crippen LogP) is 2.09. The fourth-order valence-corrected chi connectivity index (χ4v) is 2.94. The molecule has 3 rings (SSSR count). The number of aryl methyl sites for hydroxylation is 1. The molecule has 1 aromatic rings. The number of carbonyl (C=O) groups is 2. The summed E-state index contributed by atoms with van der Waals surface area (Å²) in [5.41, 5.74) is 1.56. The van der Waals surface area contributed by atoms with Gasteiger partial charge in [-0.05, 0) is 31.4 Å². The molecule has 0 saturated carbocycles. The SMILES string of the molecule is Cc1ccccc1N1C(=O)C(Cl)=C(NCC2CCCO2)C1=O. The van der Waals surface area contributed by atoms with Gasteiger partial charge < -0.3 is 10.1 Å². The second kappa shape index (κ2) is 6.10. The number of carbonyl (C=O) groups excluding carboxylic acids is 2. The number of ether oxygens (including phenoxy) is 1. The number of anilines is 1. The van der Waals surface area contributed by atoms with Gasteiger partial charge in [0.2, 0.25) is 0 Å². The van der Waals surface area contributed by atoms with Gasteiger partial charge in [-0.15, -0.1) is 0 Å². The Labute approximate surface area is 133 Å². The molecule has 2 aliphatic rings. The Morgan fingerprint density at radius 1 is 1.32 bits per heavy atom. The van der Waals surface area contributed by atoms with Crippen LogP contribution in [-0.4, -0.2) is 31.1 Å². The van der Waals surface area contributed by atoms with Crippen molar-refractivity contribution in [2.45, 2.75) is 25.9 Å². The van der Waals surface area contributed by atoms with E-state index < -0.39 is 11.8 Å². The lowest BCUT2D eigenvalue weighted by Crippen LogP contribution is -2.35. The van der Waals surface area contributed by atoms with Gasteiger partial charge in [0.25, 0.3) is 11.8 Å². The lowest BCUT2D eigenvalue weighted by Gasteiger charge is -2.17. The summed E-state index contributed by atoms with van der Waals surface area (Å²) >= 11 is 6.07. The molecule has 2 aliphatic heterocycles. The first-order valence-corrected chi connectivity index (χ1v) is 7.67. The van der Waals surface area contributed by atoms with Crippen molar-refractivity contribution >= 4 is 29.1 Å². The summed E-state index contributed by atoms with van der Waals surface area (Å²) in [6, 6.07) is 7.23. The van der Waals surface area contributed by atoms with Crippen LogP contribution in [0.5, 0.6) is 0 Å². The quantitative estimate of drug-likeness (QED) is 0.863. The Bertz CT molecular complexity index is 651. The predicted molar refractivity (Wildman–Crippen MR) is 83.5 cm³/mol. The van der Waals surface area contributed by atoms with Gasteiger partial charge in [-0.25, -0.2) is 4.90 Å². The van der Waals surface area contributed by atoms with Gasteiger partial charge in [0, 0.05) is 13.2 Å². The lowest BCUT2D eigenvalue weighted by atomic mass is 10.2. The van der Waals surface area contributed by atoms with Gasteiger partial charge >= 0.3 is 0 Å². The third-order valence-corrected chi connectivity index (χ3v) is 4.26. The van der Waals surface area contributed by atoms with Crippen molar-refractivity contribution < 1.29 is 14.3 Å². The maximum atomic E-state index is 12.5. The maximum absolute atomic E-state index is 12.5. The van der Waals surface area contributed by atoms with E-state index in [1.165, 1.54) is 0 Å². The first kappa shape index (κ1) is 15.1. The van der Waals surface area contributed by atoms with Crippen LogP contribution in [0.15, 0.2) is 35.0 Å². The molecule has 1 saturated heterocycles. The van der Waals surface area contributed by atoms with E-state index in [1.54, 1.807) is 12.1 Å². The van der Waals surface area contributed by atoms with Crippen molar-refractivity contribution in [1.82, 2.24) is 5.32 Å². The Balaban J connectivity index is 1.79. The average molecular weight is 321 g/mol. The highest BCUT2D eigenvalue weighted by atomic mass is 35.5. The Kier molecular flexibility index (Phi) is 4.18. The maximum Gasteiger partial charge on any atom is 0.283 e. The molecule has 1 fully saturated rings. The fourth-order valence-electron chi connectivity index (χ4n) is 2.71. The molecule has 1 aromatic carbocycles. The van der Waals surface area contributed by atoms with Crippen LogP contribution >= 0.6 is 11.6 Å². The summed E-state index contributed by atoms with van der Waals surface area (Å²) in [4.78, 5) is 26.0. The normalized spacial score (nSPS) is 21.9. The van der Waals surface area contributed by atoms with Crippen LogP contribution in [0, 0.1) is 6.92 Å². The highest BCUT2D eigenvalue weighted by Gasteiger charge is 2.39. The summed E-state index contributed by atoms with van der Waals surface area (Å²) < 4.78 is 5.50. The van der Waals surface area contributed by atoms with Gasteiger partial charge in [0.1, 0.15) is 10.7 Å². The third-order valence-electron chi connectivity index (χ3n) is 3.91. The van der Waals surface area contributed by atoms with Crippen LogP contribution in [0.1, 0.15) is 18.4 Å². The minimum atomic E-state index is -0.490. The zero-order valence-electron chi connectivity index (χ0n) is 12.3. The average Bonchev–Trinajstić information content (AvgIpc) is 3.08. The number of rotatable bonds is 4. The number of nitrogens with one attached hydrogen (secondary N) is 1. The zero-order valence-corrected chi connectivity index (χ0v) is 13.0. The Morgan fingerprint density at radius 3 is 2.77 bits per heavy atom. The van der Waals surface area contributed by atoms with Gasteiger partial charge in [0.05, 0.1) is 11.8 Å². The van der Waals surface area contributed by atoms with Crippen molar-refractivity contribution in [2.75, 3.05) is 18.1 Å². The molecule has 0 radical (unpaired) electrons. The molecule has 0 aromatic heterocycles. The number of halogens is 1. The topological polar surface area (TPSA) is 58.6 Å². The summed E-state index contributed by atoms with van der Waals surface area (Å²) in [6.45, 7) is 3.06. The van der Waals surface area contributed by atoms with E-state index in [9.17, 15) is 9.59 Å². The molecule has 1 atom stereocenters. The van der Waals surface area contributed by atoms with E-state index in [0.717, 1.165) is 29.9 Å². The van der Waals surface area contributed by atoms with Crippen LogP contribution in [0.2, 0.25) is 0 Å². The molecule has 0 aliphatic carbocycles. The van der Waals surface area contributed by atoms with E-state index in [4.69, 9.17) is 16.3 Å². The molecule has 0 spiro atoms. The summed E-state index contributed by atoms with van der Waals surface area (Å²) in [5, 5.41) is 2.92. The number of imide groups is 1. The standard InChI is InChI=1S/C16H17ClN2O3/c1-10-5-2-3-7-12(10)19-15(20)13(17)14(16(19)21)18-9-11-6-4-8-22-11/h2-3,5,7,11,18H,4,6,8-9H2,1H3. The molecule has 22 heavy (non-hydrogen) atoms. The van der Waals surface area contributed by atoms with Crippen LogP contribution in [0.3, 0.4) is 0 Å². The third kappa shape index (κ3) is 2.62. The smallest absolute Gasteiger partial charge is 0.283 e. The van der Waals surface area contributed by atoms with Crippen LogP contribution in [0.4, 0.5) is 5.69 Å². The van der Waals surface area contributed by atoms with Crippen LogP contribution in [0.25, 0.3) is 0 Å². The van der Waals surface area contributed by atoms with Gasteiger partial charge in [-0.2, -0.15) is 0 Å². The molecule has 116 valence electrons. The second-order valence-corrected chi connectivity index (χ2v) is 5.82. The number of hydrogen-bond donors (Lipinski definition) is 1. The van der Waals surface area contributed by atoms with E-state index in [-0.39, 0.29) is 16.8 Å². The largest absolute Gasteiger partial charge is 0.377 e. The van der Waals surface area contributed by atoms with E-state index in [1.807, 2.05) is 19.1 Å². The van der Waals surface area contributed by atoms with Crippen LogP contribution in [-0.2, 0) is 14.3 Å². The van der Waals surface area contributed by atoms with Crippen LogP contribution < -0.4 is 10.2 Å². The number of nitrogens with zero attached hydrogens (tertiary/aromatic N) is 1. The number of amides is 2. The molecular weight excluding hydrogens is 304 g/mol. The Hall–Kier alpha value is -1.85. The molecule has 2 heterocycles. The van der Waals surface area contributed by atoms with E-state index in [2.05, 4.69) is 5.32 Å². The van der Waals surface area contributed by atoms with E-state index in [0.29, 0.717) is 12.2 Å². The monoisotopic (exact) mass is 320 g/mol. The fraction of sp³-hybridized carbons (Fsp3) is 0.375. The lowest BCUT2D eigenvalue weighted by molar-refractivity contribution is -0.120. The summed E-state index contributed by atoms with van der Waals surface area (Å²) in [5.74, 6) is -0.905. The van der Waals surface area contributed by atoms with Crippen molar-refractivity contribution in [1.29, 1.82) is 0 Å². The van der Waals surface area contributed by atoms with Crippen molar-refractivity contribution in [3.8, 4) is 0 Å². The van der Waals surface area contributed by atoms with Crippen molar-refractivity contribution in [3.05, 3.63) is 40.6 Å². The van der Waals surface area contributed by atoms with Crippen molar-refractivity contribution in [2.24, 2.45) is 0 Å². The molecule has 6 heteroatoms. The zero-order chi connectivity index (χ0) is 15.7. The molecule has 1 N–H and O–H groups in total. The number of para-hydroxylation sites is 1. The summed E-state index contributed by atoms with van der Waals surface area (Å²) in [6.07, 6.45) is 2.02. The molecule has 1 unspecified atom stereocenters. The molecule has 2 amide bonds. The first-order valence-electron chi connectivity index (χ1n) is 7.29. The Morgan fingerprint density at radius 2 is 2.09 bits per heavy atom. The molecule has 5 nitrogen and oxygen atoms in total. The van der Waals surface area contributed by atoms with Gasteiger partial charge in [-0.1, -0.05) is 29.8 Å². The first-order chi connectivity index (χ1) is 10.6. The minimum absolute atomic E-state index is 0.0624. The molecular formula is C16H17ClN2O3. The van der Waals surface area contributed by atoms with E-state index >= 15 is 0 Å². The second-order valence-electron chi connectivity index (χ2n) is 5.44. The molecule has 0 bridgehead atoms. The number of hydrogen-bond acceptors (Lipinski definition) is 4. The highest BCUT2D eigenvalue weighted by Crippen LogP contribution is 2.30.